The number of carboxylic acids is 1. The molecule has 10 nitrogen and oxygen atoms in total. The Labute approximate surface area is 212 Å². The SMILES string of the molecule is CCCC(=O)Oc1ccc(C[C@](NC(C)C)(OC(=O)OCC(C)(C)C)C(=O)O)cc1OC(=O)CCC. The average molecular weight is 510 g/mol. The zero-order chi connectivity index (χ0) is 27.5. The second kappa shape index (κ2) is 13.8. The summed E-state index contributed by atoms with van der Waals surface area (Å²) in [5.74, 6) is -2.47. The van der Waals surface area contributed by atoms with Gasteiger partial charge in [-0.25, -0.2) is 9.59 Å². The number of hydrogen-bond acceptors (Lipinski definition) is 9. The van der Waals surface area contributed by atoms with Crippen LogP contribution in [-0.4, -0.2) is 47.5 Å². The van der Waals surface area contributed by atoms with Gasteiger partial charge in [-0.15, -0.1) is 0 Å². The van der Waals surface area contributed by atoms with Crippen LogP contribution < -0.4 is 14.8 Å². The summed E-state index contributed by atoms with van der Waals surface area (Å²) in [5, 5.41) is 12.9. The minimum atomic E-state index is -2.17. The Hall–Kier alpha value is -3.14. The van der Waals surface area contributed by atoms with Gasteiger partial charge in [0.15, 0.2) is 11.5 Å². The number of carbonyl (C=O) groups is 4. The first kappa shape index (κ1) is 30.9. The summed E-state index contributed by atoms with van der Waals surface area (Å²) < 4.78 is 21.2. The van der Waals surface area contributed by atoms with Crippen molar-refractivity contribution in [2.75, 3.05) is 6.61 Å². The van der Waals surface area contributed by atoms with Gasteiger partial charge in [0.25, 0.3) is 5.72 Å². The molecule has 1 aromatic carbocycles. The molecule has 0 saturated heterocycles. The number of rotatable bonds is 13. The first-order valence-electron chi connectivity index (χ1n) is 12.1. The van der Waals surface area contributed by atoms with Crippen molar-refractivity contribution < 1.29 is 43.2 Å². The minimum absolute atomic E-state index is 0.0264. The Bertz CT molecular complexity index is 920. The predicted octanol–water partition coefficient (Wildman–Crippen LogP) is 4.62. The molecule has 0 amide bonds. The van der Waals surface area contributed by atoms with E-state index in [1.54, 1.807) is 13.8 Å². The van der Waals surface area contributed by atoms with Gasteiger partial charge in [-0.1, -0.05) is 40.7 Å². The van der Waals surface area contributed by atoms with Crippen LogP contribution >= 0.6 is 0 Å². The Morgan fingerprint density at radius 2 is 1.50 bits per heavy atom. The van der Waals surface area contributed by atoms with Crippen LogP contribution in [0.1, 0.15) is 79.7 Å². The van der Waals surface area contributed by atoms with E-state index in [1.807, 2.05) is 34.6 Å². The average Bonchev–Trinajstić information content (AvgIpc) is 2.73. The van der Waals surface area contributed by atoms with E-state index in [4.69, 9.17) is 18.9 Å². The molecule has 0 saturated carbocycles. The predicted molar refractivity (Wildman–Crippen MR) is 132 cm³/mol. The molecule has 36 heavy (non-hydrogen) atoms. The van der Waals surface area contributed by atoms with Crippen molar-refractivity contribution in [1.82, 2.24) is 5.32 Å². The van der Waals surface area contributed by atoms with Crippen molar-refractivity contribution in [2.24, 2.45) is 5.41 Å². The van der Waals surface area contributed by atoms with Crippen LogP contribution in [0, 0.1) is 5.41 Å². The summed E-state index contributed by atoms with van der Waals surface area (Å²) in [5.41, 5.74) is -2.17. The molecule has 0 aromatic heterocycles. The monoisotopic (exact) mass is 509 g/mol. The van der Waals surface area contributed by atoms with E-state index in [0.717, 1.165) is 0 Å². The molecule has 10 heteroatoms. The van der Waals surface area contributed by atoms with Gasteiger partial charge in [-0.3, -0.25) is 14.9 Å². The second-order valence-electron chi connectivity index (χ2n) is 10.0. The van der Waals surface area contributed by atoms with Crippen LogP contribution in [0.25, 0.3) is 0 Å². The molecule has 0 unspecified atom stereocenters. The fourth-order valence-electron chi connectivity index (χ4n) is 3.08. The smallest absolute Gasteiger partial charge is 0.477 e. The molecule has 1 atom stereocenters. The molecule has 2 N–H and O–H groups in total. The Kier molecular flexibility index (Phi) is 11.9. The summed E-state index contributed by atoms with van der Waals surface area (Å²) in [6.07, 6.45) is -0.0217. The molecule has 0 radical (unpaired) electrons. The topological polar surface area (TPSA) is 137 Å². The lowest BCUT2D eigenvalue weighted by Crippen LogP contribution is -2.59. The third-order valence-electron chi connectivity index (χ3n) is 4.56. The fraction of sp³-hybridized carbons (Fsp3) is 0.615. The van der Waals surface area contributed by atoms with Crippen LogP contribution in [-0.2, 0) is 30.3 Å². The molecule has 0 aliphatic carbocycles. The van der Waals surface area contributed by atoms with E-state index >= 15 is 0 Å². The van der Waals surface area contributed by atoms with Crippen LogP contribution in [0.2, 0.25) is 0 Å². The van der Waals surface area contributed by atoms with Gasteiger partial charge in [0.2, 0.25) is 0 Å². The van der Waals surface area contributed by atoms with Crippen molar-refractivity contribution in [2.45, 2.75) is 92.3 Å². The Morgan fingerprint density at radius 1 is 0.944 bits per heavy atom. The number of carboxylic acid groups (broad SMARTS) is 1. The van der Waals surface area contributed by atoms with Crippen LogP contribution in [0.15, 0.2) is 18.2 Å². The molecule has 0 aliphatic heterocycles. The summed E-state index contributed by atoms with van der Waals surface area (Å²) >= 11 is 0. The lowest BCUT2D eigenvalue weighted by atomic mass is 9.99. The summed E-state index contributed by atoms with van der Waals surface area (Å²) in [4.78, 5) is 49.0. The number of carbonyl (C=O) groups excluding carboxylic acids is 3. The standard InChI is InChI=1S/C26H39NO9/c1-8-10-21(28)34-19-13-12-18(14-20(19)35-22(29)11-9-2)15-26(23(30)31,27-17(3)4)36-24(32)33-16-25(5,6)7/h12-14,17,27H,8-11,15-16H2,1-7H3,(H,30,31)/t26-/m0/s1. The van der Waals surface area contributed by atoms with E-state index in [-0.39, 0.29) is 48.8 Å². The summed E-state index contributed by atoms with van der Waals surface area (Å²) in [6.45, 7) is 12.6. The Balaban J connectivity index is 3.36. The molecule has 0 bridgehead atoms. The van der Waals surface area contributed by atoms with Crippen molar-refractivity contribution in [1.29, 1.82) is 0 Å². The lowest BCUT2D eigenvalue weighted by molar-refractivity contribution is -0.167. The quantitative estimate of drug-likeness (QED) is 0.220. The molecule has 0 heterocycles. The van der Waals surface area contributed by atoms with Crippen LogP contribution in [0.4, 0.5) is 4.79 Å². The van der Waals surface area contributed by atoms with Gasteiger partial charge in [-0.2, -0.15) is 0 Å². The van der Waals surface area contributed by atoms with Crippen molar-refractivity contribution in [3.05, 3.63) is 23.8 Å². The molecule has 0 spiro atoms. The normalized spacial score (nSPS) is 13.0. The number of benzene rings is 1. The Morgan fingerprint density at radius 3 is 1.97 bits per heavy atom. The summed E-state index contributed by atoms with van der Waals surface area (Å²) in [7, 11) is 0. The van der Waals surface area contributed by atoms with Gasteiger partial charge >= 0.3 is 24.1 Å². The van der Waals surface area contributed by atoms with Crippen LogP contribution in [0.3, 0.4) is 0 Å². The first-order chi connectivity index (χ1) is 16.7. The van der Waals surface area contributed by atoms with E-state index < -0.39 is 29.8 Å². The lowest BCUT2D eigenvalue weighted by Gasteiger charge is -2.32. The maximum Gasteiger partial charge on any atom is 0.510 e. The molecular formula is C26H39NO9. The highest BCUT2D eigenvalue weighted by molar-refractivity contribution is 5.81. The molecule has 0 fully saturated rings. The number of ether oxygens (including phenoxy) is 4. The third kappa shape index (κ3) is 10.6. The maximum absolute atomic E-state index is 12.4. The first-order valence-corrected chi connectivity index (χ1v) is 12.1. The number of aliphatic carboxylic acids is 1. The zero-order valence-electron chi connectivity index (χ0n) is 22.3. The van der Waals surface area contributed by atoms with Gasteiger partial charge in [0.05, 0.1) is 6.61 Å². The molecule has 202 valence electrons. The number of hydrogen-bond donors (Lipinski definition) is 2. The minimum Gasteiger partial charge on any atom is -0.477 e. The van der Waals surface area contributed by atoms with Crippen LogP contribution in [0.5, 0.6) is 11.5 Å². The van der Waals surface area contributed by atoms with Gasteiger partial charge in [-0.05, 0) is 49.8 Å². The van der Waals surface area contributed by atoms with E-state index in [2.05, 4.69) is 5.32 Å². The van der Waals surface area contributed by atoms with Crippen molar-refractivity contribution in [3.8, 4) is 11.5 Å². The fourth-order valence-corrected chi connectivity index (χ4v) is 3.08. The number of nitrogens with one attached hydrogen (secondary N) is 1. The second-order valence-corrected chi connectivity index (χ2v) is 10.0. The maximum atomic E-state index is 12.4. The molecular weight excluding hydrogens is 470 g/mol. The van der Waals surface area contributed by atoms with E-state index in [1.165, 1.54) is 18.2 Å². The van der Waals surface area contributed by atoms with Crippen molar-refractivity contribution in [3.63, 3.8) is 0 Å². The van der Waals surface area contributed by atoms with Gasteiger partial charge < -0.3 is 24.1 Å². The van der Waals surface area contributed by atoms with Crippen molar-refractivity contribution >= 4 is 24.1 Å². The third-order valence-corrected chi connectivity index (χ3v) is 4.56. The molecule has 1 rings (SSSR count). The number of esters is 2. The van der Waals surface area contributed by atoms with Gasteiger partial charge in [0.1, 0.15) is 0 Å². The van der Waals surface area contributed by atoms with E-state index in [9.17, 15) is 24.3 Å². The zero-order valence-corrected chi connectivity index (χ0v) is 22.3. The highest BCUT2D eigenvalue weighted by Gasteiger charge is 2.44. The van der Waals surface area contributed by atoms with E-state index in [0.29, 0.717) is 18.4 Å². The molecule has 1 aromatic rings. The largest absolute Gasteiger partial charge is 0.510 e. The van der Waals surface area contributed by atoms with Gasteiger partial charge in [0, 0.05) is 25.3 Å². The molecule has 0 aliphatic rings. The summed E-state index contributed by atoms with van der Waals surface area (Å²) in [6, 6.07) is 3.94. The highest BCUT2D eigenvalue weighted by Crippen LogP contribution is 2.31. The highest BCUT2D eigenvalue weighted by atomic mass is 16.7.